The standard InChI is InChI=1S/C15H17F3N2O/c16-15(17,18)12-6-3-7-13(10-12)20-14(21)19-9-8-11-4-1-2-5-11/h3,6-11H,1-2,4-5H2,(H2,19,20,21)/b9-8+. The van der Waals surface area contributed by atoms with Gasteiger partial charge in [-0.1, -0.05) is 25.0 Å². The average molecular weight is 298 g/mol. The van der Waals surface area contributed by atoms with Crippen molar-refractivity contribution in [1.29, 1.82) is 0 Å². The molecule has 114 valence electrons. The van der Waals surface area contributed by atoms with E-state index in [9.17, 15) is 18.0 Å². The lowest BCUT2D eigenvalue weighted by Crippen LogP contribution is -2.24. The Labute approximate surface area is 121 Å². The molecule has 1 aliphatic carbocycles. The summed E-state index contributed by atoms with van der Waals surface area (Å²) in [4.78, 5) is 11.6. The molecule has 2 rings (SSSR count). The van der Waals surface area contributed by atoms with E-state index in [4.69, 9.17) is 0 Å². The van der Waals surface area contributed by atoms with Crippen LogP contribution in [0.4, 0.5) is 23.7 Å². The summed E-state index contributed by atoms with van der Waals surface area (Å²) in [6.07, 6.45) is 3.70. The molecule has 21 heavy (non-hydrogen) atoms. The Morgan fingerprint density at radius 3 is 2.62 bits per heavy atom. The number of anilines is 1. The van der Waals surface area contributed by atoms with Crippen molar-refractivity contribution < 1.29 is 18.0 Å². The first kappa shape index (κ1) is 15.4. The predicted molar refractivity (Wildman–Crippen MR) is 74.7 cm³/mol. The lowest BCUT2D eigenvalue weighted by atomic mass is 10.1. The fourth-order valence-electron chi connectivity index (χ4n) is 2.35. The van der Waals surface area contributed by atoms with Gasteiger partial charge in [0.25, 0.3) is 0 Å². The maximum Gasteiger partial charge on any atom is 0.416 e. The van der Waals surface area contributed by atoms with Gasteiger partial charge >= 0.3 is 12.2 Å². The van der Waals surface area contributed by atoms with Crippen molar-refractivity contribution in [2.24, 2.45) is 5.92 Å². The molecule has 0 unspecified atom stereocenters. The summed E-state index contributed by atoms with van der Waals surface area (Å²) in [5.41, 5.74) is -0.682. The van der Waals surface area contributed by atoms with Crippen LogP contribution in [0.25, 0.3) is 0 Å². The molecule has 3 nitrogen and oxygen atoms in total. The van der Waals surface area contributed by atoms with Gasteiger partial charge in [-0.3, -0.25) is 0 Å². The van der Waals surface area contributed by atoms with Crippen LogP contribution in [0, 0.1) is 5.92 Å². The number of allylic oxidation sites excluding steroid dienone is 1. The first-order valence-corrected chi connectivity index (χ1v) is 6.86. The maximum atomic E-state index is 12.5. The molecule has 0 bridgehead atoms. The van der Waals surface area contributed by atoms with Crippen LogP contribution < -0.4 is 10.6 Å². The number of halogens is 3. The number of carbonyl (C=O) groups is 1. The molecule has 1 fully saturated rings. The van der Waals surface area contributed by atoms with Gasteiger partial charge in [-0.15, -0.1) is 0 Å². The Bertz CT molecular complexity index is 520. The zero-order valence-electron chi connectivity index (χ0n) is 11.4. The molecule has 0 spiro atoms. The summed E-state index contributed by atoms with van der Waals surface area (Å²) in [6, 6.07) is 3.98. The smallest absolute Gasteiger partial charge is 0.315 e. The van der Waals surface area contributed by atoms with Crippen molar-refractivity contribution in [3.63, 3.8) is 0 Å². The summed E-state index contributed by atoms with van der Waals surface area (Å²) < 4.78 is 37.6. The molecule has 1 aliphatic rings. The van der Waals surface area contributed by atoms with Crippen molar-refractivity contribution in [3.8, 4) is 0 Å². The number of hydrogen-bond donors (Lipinski definition) is 2. The number of hydrogen-bond acceptors (Lipinski definition) is 1. The molecular weight excluding hydrogens is 281 g/mol. The van der Waals surface area contributed by atoms with Crippen LogP contribution in [-0.4, -0.2) is 6.03 Å². The van der Waals surface area contributed by atoms with Crippen LogP contribution in [0.1, 0.15) is 31.2 Å². The quantitative estimate of drug-likeness (QED) is 0.845. The Morgan fingerprint density at radius 2 is 1.95 bits per heavy atom. The van der Waals surface area contributed by atoms with E-state index in [2.05, 4.69) is 10.6 Å². The van der Waals surface area contributed by atoms with Crippen molar-refractivity contribution in [2.45, 2.75) is 31.9 Å². The first-order chi connectivity index (χ1) is 9.95. The van der Waals surface area contributed by atoms with Gasteiger partial charge in [0, 0.05) is 11.9 Å². The van der Waals surface area contributed by atoms with Gasteiger partial charge in [-0.05, 0) is 37.0 Å². The van der Waals surface area contributed by atoms with Crippen LogP contribution in [0.3, 0.4) is 0 Å². The van der Waals surface area contributed by atoms with E-state index in [0.29, 0.717) is 5.92 Å². The minimum atomic E-state index is -4.42. The van der Waals surface area contributed by atoms with Gasteiger partial charge in [0.1, 0.15) is 0 Å². The van der Waals surface area contributed by atoms with Crippen molar-refractivity contribution in [3.05, 3.63) is 42.1 Å². The third-order valence-corrected chi connectivity index (χ3v) is 3.43. The van der Waals surface area contributed by atoms with Gasteiger partial charge in [0.15, 0.2) is 0 Å². The second-order valence-corrected chi connectivity index (χ2v) is 5.08. The fourth-order valence-corrected chi connectivity index (χ4v) is 2.35. The van der Waals surface area contributed by atoms with Crippen LogP contribution >= 0.6 is 0 Å². The third kappa shape index (κ3) is 4.81. The molecule has 6 heteroatoms. The largest absolute Gasteiger partial charge is 0.416 e. The molecule has 2 N–H and O–H groups in total. The van der Waals surface area contributed by atoms with E-state index < -0.39 is 17.8 Å². The molecule has 1 saturated carbocycles. The molecule has 0 atom stereocenters. The number of amides is 2. The fraction of sp³-hybridized carbons (Fsp3) is 0.400. The van der Waals surface area contributed by atoms with E-state index >= 15 is 0 Å². The molecule has 0 saturated heterocycles. The molecule has 2 amide bonds. The highest BCUT2D eigenvalue weighted by Gasteiger charge is 2.30. The van der Waals surface area contributed by atoms with Crippen LogP contribution in [0.2, 0.25) is 0 Å². The van der Waals surface area contributed by atoms with Gasteiger partial charge in [-0.2, -0.15) is 13.2 Å². The molecule has 0 aromatic heterocycles. The number of urea groups is 1. The second kappa shape index (κ2) is 6.65. The SMILES string of the molecule is O=C(N/C=C/C1CCCC1)Nc1cccc(C(F)(F)F)c1. The molecule has 1 aromatic rings. The maximum absolute atomic E-state index is 12.5. The number of rotatable bonds is 3. The van der Waals surface area contributed by atoms with Crippen LogP contribution in [0.15, 0.2) is 36.5 Å². The third-order valence-electron chi connectivity index (χ3n) is 3.43. The molecule has 0 radical (unpaired) electrons. The zero-order valence-corrected chi connectivity index (χ0v) is 11.4. The highest BCUT2D eigenvalue weighted by molar-refractivity contribution is 5.89. The van der Waals surface area contributed by atoms with Crippen LogP contribution in [0.5, 0.6) is 0 Å². The minimum absolute atomic E-state index is 0.108. The number of benzene rings is 1. The highest BCUT2D eigenvalue weighted by atomic mass is 19.4. The van der Waals surface area contributed by atoms with E-state index in [1.807, 2.05) is 6.08 Å². The Balaban J connectivity index is 1.87. The number of alkyl halides is 3. The summed E-state index contributed by atoms with van der Waals surface area (Å²) >= 11 is 0. The highest BCUT2D eigenvalue weighted by Crippen LogP contribution is 2.30. The lowest BCUT2D eigenvalue weighted by molar-refractivity contribution is -0.137. The normalized spacial score (nSPS) is 16.3. The van der Waals surface area contributed by atoms with Crippen molar-refractivity contribution >= 4 is 11.7 Å². The summed E-state index contributed by atoms with van der Waals surface area (Å²) in [5.74, 6) is 0.485. The minimum Gasteiger partial charge on any atom is -0.315 e. The monoisotopic (exact) mass is 298 g/mol. The number of carbonyl (C=O) groups excluding carboxylic acids is 1. The van der Waals surface area contributed by atoms with E-state index in [-0.39, 0.29) is 5.69 Å². The Kier molecular flexibility index (Phi) is 4.88. The number of nitrogens with one attached hydrogen (secondary N) is 2. The molecule has 0 heterocycles. The average Bonchev–Trinajstić information content (AvgIpc) is 2.91. The van der Waals surface area contributed by atoms with E-state index in [1.165, 1.54) is 25.0 Å². The Morgan fingerprint density at radius 1 is 1.24 bits per heavy atom. The summed E-state index contributed by atoms with van der Waals surface area (Å²) in [7, 11) is 0. The molecule has 0 aliphatic heterocycles. The summed E-state index contributed by atoms with van der Waals surface area (Å²) in [6.45, 7) is 0. The van der Waals surface area contributed by atoms with Gasteiger partial charge < -0.3 is 10.6 Å². The Hall–Kier alpha value is -1.98. The van der Waals surface area contributed by atoms with Crippen molar-refractivity contribution in [2.75, 3.05) is 5.32 Å². The second-order valence-electron chi connectivity index (χ2n) is 5.08. The topological polar surface area (TPSA) is 41.1 Å². The molecule has 1 aromatic carbocycles. The molecular formula is C15H17F3N2O. The van der Waals surface area contributed by atoms with Gasteiger partial charge in [0.2, 0.25) is 0 Å². The van der Waals surface area contributed by atoms with E-state index in [0.717, 1.165) is 25.0 Å². The van der Waals surface area contributed by atoms with Gasteiger partial charge in [-0.25, -0.2) is 4.79 Å². The van der Waals surface area contributed by atoms with E-state index in [1.54, 1.807) is 6.20 Å². The van der Waals surface area contributed by atoms with Crippen molar-refractivity contribution in [1.82, 2.24) is 5.32 Å². The van der Waals surface area contributed by atoms with Crippen LogP contribution in [-0.2, 0) is 6.18 Å². The lowest BCUT2D eigenvalue weighted by Gasteiger charge is -2.09. The predicted octanol–water partition coefficient (Wildman–Crippen LogP) is 4.53. The van der Waals surface area contributed by atoms with Gasteiger partial charge in [0.05, 0.1) is 5.56 Å². The summed E-state index contributed by atoms with van der Waals surface area (Å²) in [5, 5.41) is 4.88. The first-order valence-electron chi connectivity index (χ1n) is 6.86. The zero-order chi connectivity index (χ0) is 15.3.